The second kappa shape index (κ2) is 5.42. The van der Waals surface area contributed by atoms with Gasteiger partial charge in [-0.25, -0.2) is 9.37 Å². The van der Waals surface area contributed by atoms with Crippen LogP contribution in [0.4, 0.5) is 4.39 Å². The first-order valence-electron chi connectivity index (χ1n) is 7.28. The van der Waals surface area contributed by atoms with Crippen molar-refractivity contribution in [1.82, 2.24) is 9.55 Å². The molecule has 1 aromatic heterocycles. The highest BCUT2D eigenvalue weighted by Crippen LogP contribution is 2.28. The summed E-state index contributed by atoms with van der Waals surface area (Å²) in [5.41, 5.74) is 3.96. The minimum atomic E-state index is -0.270. The van der Waals surface area contributed by atoms with Crippen molar-refractivity contribution in [3.8, 4) is 5.69 Å². The van der Waals surface area contributed by atoms with Crippen molar-refractivity contribution < 1.29 is 4.39 Å². The van der Waals surface area contributed by atoms with Crippen LogP contribution < -0.4 is 0 Å². The molecule has 0 atom stereocenters. The predicted molar refractivity (Wildman–Crippen MR) is 91.7 cm³/mol. The molecule has 23 heavy (non-hydrogen) atoms. The van der Waals surface area contributed by atoms with E-state index in [1.807, 2.05) is 42.0 Å². The van der Waals surface area contributed by atoms with Gasteiger partial charge in [0.1, 0.15) is 11.6 Å². The molecule has 0 saturated heterocycles. The number of imidazole rings is 1. The number of halogens is 2. The van der Waals surface area contributed by atoms with E-state index in [2.05, 4.69) is 25.9 Å². The van der Waals surface area contributed by atoms with Crippen LogP contribution in [0.25, 0.3) is 5.69 Å². The van der Waals surface area contributed by atoms with E-state index in [1.165, 1.54) is 6.07 Å². The summed E-state index contributed by atoms with van der Waals surface area (Å²) in [6.45, 7) is 2.38. The van der Waals surface area contributed by atoms with Crippen LogP contribution in [0.15, 0.2) is 58.1 Å². The predicted octanol–water partition coefficient (Wildman–Crippen LogP) is 4.43. The molecular weight excluding hydrogens is 357 g/mol. The zero-order valence-corrected chi connectivity index (χ0v) is 14.0. The first-order valence-corrected chi connectivity index (χ1v) is 8.07. The zero-order chi connectivity index (χ0) is 16.0. The summed E-state index contributed by atoms with van der Waals surface area (Å²) in [5, 5.41) is 0. The third-order valence-corrected chi connectivity index (χ3v) is 4.37. The lowest BCUT2D eigenvalue weighted by Gasteiger charge is -2.12. The van der Waals surface area contributed by atoms with E-state index >= 15 is 0 Å². The molecular formula is C18H13BrFN3. The van der Waals surface area contributed by atoms with E-state index in [0.717, 1.165) is 27.2 Å². The second-order valence-electron chi connectivity index (χ2n) is 5.47. The number of aromatic nitrogens is 2. The van der Waals surface area contributed by atoms with Gasteiger partial charge in [0.25, 0.3) is 0 Å². The number of nitrogens with zero attached hydrogens (tertiary/aromatic N) is 3. The van der Waals surface area contributed by atoms with E-state index in [9.17, 15) is 4.39 Å². The van der Waals surface area contributed by atoms with Gasteiger partial charge < -0.3 is 4.57 Å². The summed E-state index contributed by atoms with van der Waals surface area (Å²) in [7, 11) is 0. The van der Waals surface area contributed by atoms with Crippen molar-refractivity contribution in [3.63, 3.8) is 0 Å². The minimum absolute atomic E-state index is 0.270. The molecule has 1 aliphatic rings. The number of aliphatic imine (C=N–C) groups is 1. The van der Waals surface area contributed by atoms with Gasteiger partial charge in [0.15, 0.2) is 0 Å². The Morgan fingerprint density at radius 2 is 1.96 bits per heavy atom. The Kier molecular flexibility index (Phi) is 3.38. The number of fused-ring (bicyclic) bond motifs is 3. The molecule has 114 valence electrons. The van der Waals surface area contributed by atoms with E-state index in [-0.39, 0.29) is 5.82 Å². The highest BCUT2D eigenvalue weighted by Gasteiger charge is 2.21. The van der Waals surface area contributed by atoms with Crippen LogP contribution in [-0.4, -0.2) is 15.3 Å². The van der Waals surface area contributed by atoms with Gasteiger partial charge in [-0.1, -0.05) is 28.1 Å². The molecule has 5 heteroatoms. The molecule has 0 bridgehead atoms. The molecule has 3 nitrogen and oxygen atoms in total. The summed E-state index contributed by atoms with van der Waals surface area (Å²) in [6, 6.07) is 12.7. The molecule has 0 N–H and O–H groups in total. The van der Waals surface area contributed by atoms with E-state index in [1.54, 1.807) is 12.1 Å². The molecule has 0 aliphatic carbocycles. The third-order valence-electron chi connectivity index (χ3n) is 3.88. The molecule has 0 spiro atoms. The first-order chi connectivity index (χ1) is 11.1. The number of hydrogen-bond acceptors (Lipinski definition) is 2. The fraction of sp³-hybridized carbons (Fsp3) is 0.111. The standard InChI is InChI=1S/C18H13BrFN3/c1-11-10-23-16-7-6-12(19)8-14(16)18(21-9-17(23)22-11)13-4-2-3-5-15(13)20/h2-8,10H,9H2,1H3. The van der Waals surface area contributed by atoms with Crippen LogP contribution in [0.2, 0.25) is 0 Å². The van der Waals surface area contributed by atoms with Crippen LogP contribution in [0.3, 0.4) is 0 Å². The summed E-state index contributed by atoms with van der Waals surface area (Å²) < 4.78 is 17.3. The minimum Gasteiger partial charge on any atom is -0.301 e. The lowest BCUT2D eigenvalue weighted by Crippen LogP contribution is -2.08. The largest absolute Gasteiger partial charge is 0.301 e. The number of hydrogen-bond donors (Lipinski definition) is 0. The van der Waals surface area contributed by atoms with Crippen molar-refractivity contribution >= 4 is 21.6 Å². The van der Waals surface area contributed by atoms with Gasteiger partial charge in [-0.3, -0.25) is 4.99 Å². The van der Waals surface area contributed by atoms with Crippen LogP contribution in [0.5, 0.6) is 0 Å². The number of benzene rings is 2. The van der Waals surface area contributed by atoms with E-state index in [4.69, 9.17) is 0 Å². The molecule has 4 rings (SSSR count). The highest BCUT2D eigenvalue weighted by atomic mass is 79.9. The zero-order valence-electron chi connectivity index (χ0n) is 12.4. The Morgan fingerprint density at radius 3 is 2.78 bits per heavy atom. The summed E-state index contributed by atoms with van der Waals surface area (Å²) in [4.78, 5) is 9.20. The molecule has 2 heterocycles. The maximum absolute atomic E-state index is 14.3. The van der Waals surface area contributed by atoms with Crippen molar-refractivity contribution in [2.45, 2.75) is 13.5 Å². The van der Waals surface area contributed by atoms with Crippen LogP contribution in [0, 0.1) is 12.7 Å². The summed E-state index contributed by atoms with van der Waals surface area (Å²) >= 11 is 3.51. The van der Waals surface area contributed by atoms with Gasteiger partial charge in [0.2, 0.25) is 0 Å². The average molecular weight is 370 g/mol. The van der Waals surface area contributed by atoms with Gasteiger partial charge in [-0.2, -0.15) is 0 Å². The maximum atomic E-state index is 14.3. The monoisotopic (exact) mass is 369 g/mol. The number of rotatable bonds is 1. The van der Waals surface area contributed by atoms with Gasteiger partial charge in [-0.05, 0) is 37.3 Å². The van der Waals surface area contributed by atoms with Crippen LogP contribution in [0.1, 0.15) is 22.6 Å². The van der Waals surface area contributed by atoms with Crippen molar-refractivity contribution in [2.24, 2.45) is 4.99 Å². The molecule has 0 fully saturated rings. The SMILES string of the molecule is Cc1cn2c(n1)CN=C(c1ccccc1F)c1cc(Br)ccc1-2. The normalized spacial score (nSPS) is 13.1. The lowest BCUT2D eigenvalue weighted by atomic mass is 10.00. The van der Waals surface area contributed by atoms with Crippen molar-refractivity contribution in [1.29, 1.82) is 0 Å². The molecule has 1 aliphatic heterocycles. The summed E-state index contributed by atoms with van der Waals surface area (Å²) in [6.07, 6.45) is 1.99. The smallest absolute Gasteiger partial charge is 0.135 e. The fourth-order valence-corrected chi connectivity index (χ4v) is 3.26. The number of aryl methyl sites for hydroxylation is 1. The maximum Gasteiger partial charge on any atom is 0.135 e. The fourth-order valence-electron chi connectivity index (χ4n) is 2.89. The summed E-state index contributed by atoms with van der Waals surface area (Å²) in [5.74, 6) is 0.588. The van der Waals surface area contributed by atoms with Crippen LogP contribution in [-0.2, 0) is 6.54 Å². The quantitative estimate of drug-likeness (QED) is 0.623. The Hall–Kier alpha value is -2.27. The van der Waals surface area contributed by atoms with E-state index in [0.29, 0.717) is 17.8 Å². The molecule has 0 amide bonds. The average Bonchev–Trinajstić information content (AvgIpc) is 2.83. The molecule has 0 saturated carbocycles. The first kappa shape index (κ1) is 14.3. The molecule has 2 aromatic carbocycles. The second-order valence-corrected chi connectivity index (χ2v) is 6.39. The van der Waals surface area contributed by atoms with Gasteiger partial charge in [-0.15, -0.1) is 0 Å². The van der Waals surface area contributed by atoms with E-state index < -0.39 is 0 Å². The Balaban J connectivity index is 2.01. The van der Waals surface area contributed by atoms with Gasteiger partial charge in [0, 0.05) is 21.8 Å². The highest BCUT2D eigenvalue weighted by molar-refractivity contribution is 9.10. The molecule has 0 radical (unpaired) electrons. The Bertz CT molecular complexity index is 943. The third kappa shape index (κ3) is 2.41. The Morgan fingerprint density at radius 1 is 1.13 bits per heavy atom. The van der Waals surface area contributed by atoms with Gasteiger partial charge in [0.05, 0.1) is 23.6 Å². The Labute approximate surface area is 141 Å². The molecule has 0 unspecified atom stereocenters. The topological polar surface area (TPSA) is 30.2 Å². The molecule has 3 aromatic rings. The van der Waals surface area contributed by atoms with Crippen LogP contribution >= 0.6 is 15.9 Å². The van der Waals surface area contributed by atoms with Crippen molar-refractivity contribution in [3.05, 3.63) is 81.6 Å². The van der Waals surface area contributed by atoms with Crippen molar-refractivity contribution in [2.75, 3.05) is 0 Å². The van der Waals surface area contributed by atoms with Gasteiger partial charge >= 0.3 is 0 Å². The lowest BCUT2D eigenvalue weighted by molar-refractivity contribution is 0.625.